The fourth-order valence-electron chi connectivity index (χ4n) is 4.03. The van der Waals surface area contributed by atoms with Crippen LogP contribution in [0.15, 0.2) is 90.1 Å². The van der Waals surface area contributed by atoms with Crippen molar-refractivity contribution in [3.8, 4) is 11.4 Å². The van der Waals surface area contributed by atoms with Crippen LogP contribution < -0.4 is 10.6 Å². The van der Waals surface area contributed by atoms with Gasteiger partial charge in [0.1, 0.15) is 6.04 Å². The van der Waals surface area contributed by atoms with E-state index in [4.69, 9.17) is 11.6 Å². The van der Waals surface area contributed by atoms with Crippen molar-refractivity contribution in [2.45, 2.75) is 13.0 Å². The highest BCUT2D eigenvalue weighted by Crippen LogP contribution is 2.38. The van der Waals surface area contributed by atoms with Crippen LogP contribution in [0.3, 0.4) is 0 Å². The van der Waals surface area contributed by atoms with Crippen molar-refractivity contribution in [3.63, 3.8) is 0 Å². The summed E-state index contributed by atoms with van der Waals surface area (Å²) >= 11 is 6.15. The summed E-state index contributed by atoms with van der Waals surface area (Å²) < 4.78 is 1.57. The Morgan fingerprint density at radius 2 is 1.86 bits per heavy atom. The van der Waals surface area contributed by atoms with Gasteiger partial charge in [-0.15, -0.1) is 5.10 Å². The van der Waals surface area contributed by atoms with E-state index in [1.54, 1.807) is 54.1 Å². The van der Waals surface area contributed by atoms with E-state index in [0.29, 0.717) is 44.9 Å². The van der Waals surface area contributed by atoms with E-state index in [1.165, 1.54) is 12.1 Å². The number of nitro benzene ring substituents is 1. The molecule has 4 aromatic rings. The van der Waals surface area contributed by atoms with Gasteiger partial charge in [0.2, 0.25) is 5.95 Å². The number of nitrogens with one attached hydrogen (secondary N) is 2. The molecule has 1 amide bonds. The van der Waals surface area contributed by atoms with Crippen LogP contribution in [0.25, 0.3) is 11.4 Å². The van der Waals surface area contributed by atoms with Crippen molar-refractivity contribution in [3.05, 3.63) is 111 Å². The van der Waals surface area contributed by atoms with E-state index < -0.39 is 11.0 Å². The van der Waals surface area contributed by atoms with Gasteiger partial charge in [0.05, 0.1) is 10.5 Å². The van der Waals surface area contributed by atoms with Crippen LogP contribution in [-0.2, 0) is 4.79 Å². The zero-order valence-corrected chi connectivity index (χ0v) is 19.2. The smallest absolute Gasteiger partial charge is 0.269 e. The molecular weight excluding hydrogens is 468 g/mol. The Hall–Kier alpha value is -4.50. The molecule has 2 heterocycles. The van der Waals surface area contributed by atoms with Crippen molar-refractivity contribution in [1.29, 1.82) is 0 Å². The van der Waals surface area contributed by atoms with Crippen LogP contribution in [0.1, 0.15) is 18.5 Å². The quantitative estimate of drug-likeness (QED) is 0.287. The first kappa shape index (κ1) is 22.3. The Morgan fingerprint density at radius 1 is 1.09 bits per heavy atom. The second-order valence-corrected chi connectivity index (χ2v) is 8.39. The van der Waals surface area contributed by atoms with Gasteiger partial charge in [-0.05, 0) is 36.8 Å². The Balaban J connectivity index is 1.64. The maximum absolute atomic E-state index is 13.5. The van der Waals surface area contributed by atoms with Gasteiger partial charge >= 0.3 is 0 Å². The molecule has 1 aliphatic heterocycles. The number of hydrogen-bond acceptors (Lipinski definition) is 6. The molecule has 0 radical (unpaired) electrons. The summed E-state index contributed by atoms with van der Waals surface area (Å²) in [5, 5.41) is 22.8. The topological polar surface area (TPSA) is 115 Å². The predicted octanol–water partition coefficient (Wildman–Crippen LogP) is 5.43. The van der Waals surface area contributed by atoms with E-state index >= 15 is 0 Å². The molecular formula is C25H19ClN6O3. The third-order valence-corrected chi connectivity index (χ3v) is 5.84. The molecule has 10 heteroatoms. The fraction of sp³-hybridized carbons (Fsp3) is 0.0800. The standard InChI is InChI=1S/C25H19ClN6O3/c1-15-21(24(33)28-19-10-3-2-4-11-19)22(16-7-6-12-20(14-16)32(34)35)31-25(27-15)29-23(30-31)17-8-5-9-18(26)13-17/h2-14,22H,1H3,(H,28,33)(H,27,29,30)/t22-/m1/s1. The number of rotatable bonds is 5. The van der Waals surface area contributed by atoms with Gasteiger partial charge in [0.25, 0.3) is 11.6 Å². The van der Waals surface area contributed by atoms with Crippen molar-refractivity contribution < 1.29 is 9.72 Å². The number of non-ortho nitro benzene ring substituents is 1. The number of allylic oxidation sites excluding steroid dienone is 1. The summed E-state index contributed by atoms with van der Waals surface area (Å²) in [6, 6.07) is 21.6. The monoisotopic (exact) mass is 486 g/mol. The lowest BCUT2D eigenvalue weighted by Crippen LogP contribution is -2.31. The van der Waals surface area contributed by atoms with Crippen LogP contribution in [0.4, 0.5) is 17.3 Å². The first-order valence-electron chi connectivity index (χ1n) is 10.7. The maximum Gasteiger partial charge on any atom is 0.269 e. The Labute approximate surface area is 205 Å². The maximum atomic E-state index is 13.5. The molecule has 1 atom stereocenters. The molecule has 0 unspecified atom stereocenters. The van der Waals surface area contributed by atoms with Crippen LogP contribution in [0.2, 0.25) is 5.02 Å². The zero-order valence-electron chi connectivity index (χ0n) is 18.5. The molecule has 3 aromatic carbocycles. The zero-order chi connectivity index (χ0) is 24.5. The minimum atomic E-state index is -0.754. The van der Waals surface area contributed by atoms with E-state index in [0.717, 1.165) is 0 Å². The lowest BCUT2D eigenvalue weighted by molar-refractivity contribution is -0.384. The Bertz CT molecular complexity index is 1480. The molecule has 0 fully saturated rings. The van der Waals surface area contributed by atoms with E-state index in [1.807, 2.05) is 24.3 Å². The number of nitro groups is 1. The van der Waals surface area contributed by atoms with Crippen molar-refractivity contribution in [2.24, 2.45) is 0 Å². The molecule has 0 spiro atoms. The number of halogens is 1. The highest BCUT2D eigenvalue weighted by Gasteiger charge is 2.35. The van der Waals surface area contributed by atoms with Gasteiger partial charge in [-0.25, -0.2) is 4.68 Å². The van der Waals surface area contributed by atoms with Crippen molar-refractivity contribution in [1.82, 2.24) is 14.8 Å². The molecule has 0 aliphatic carbocycles. The number of amides is 1. The van der Waals surface area contributed by atoms with E-state index in [-0.39, 0.29) is 11.6 Å². The average Bonchev–Trinajstić information content (AvgIpc) is 3.27. The lowest BCUT2D eigenvalue weighted by atomic mass is 9.94. The second-order valence-electron chi connectivity index (χ2n) is 7.95. The number of aromatic nitrogens is 3. The normalized spacial score (nSPS) is 14.7. The summed E-state index contributed by atoms with van der Waals surface area (Å²) in [5.74, 6) is 0.455. The summed E-state index contributed by atoms with van der Waals surface area (Å²) in [6.45, 7) is 1.77. The summed E-state index contributed by atoms with van der Waals surface area (Å²) in [6.07, 6.45) is 0. The number of fused-ring (bicyclic) bond motifs is 1. The van der Waals surface area contributed by atoms with Crippen LogP contribution in [0.5, 0.6) is 0 Å². The molecule has 0 saturated carbocycles. The minimum absolute atomic E-state index is 0.0850. The van der Waals surface area contributed by atoms with Gasteiger partial charge in [0.15, 0.2) is 5.82 Å². The molecule has 174 valence electrons. The van der Waals surface area contributed by atoms with Crippen LogP contribution >= 0.6 is 11.6 Å². The van der Waals surface area contributed by atoms with Crippen LogP contribution in [-0.4, -0.2) is 25.6 Å². The Morgan fingerprint density at radius 3 is 2.60 bits per heavy atom. The Kier molecular flexibility index (Phi) is 5.76. The highest BCUT2D eigenvalue weighted by molar-refractivity contribution is 6.30. The van der Waals surface area contributed by atoms with Gasteiger partial charge in [-0.2, -0.15) is 4.98 Å². The average molecular weight is 487 g/mol. The number of nitrogens with zero attached hydrogens (tertiary/aromatic N) is 4. The summed E-state index contributed by atoms with van der Waals surface area (Å²) in [5.41, 5.74) is 2.70. The van der Waals surface area contributed by atoms with E-state index in [2.05, 4.69) is 20.7 Å². The number of carbonyl (C=O) groups is 1. The number of hydrogen-bond donors (Lipinski definition) is 2. The number of para-hydroxylation sites is 1. The molecule has 1 aromatic heterocycles. The van der Waals surface area contributed by atoms with Crippen molar-refractivity contribution >= 4 is 34.8 Å². The second kappa shape index (κ2) is 9.03. The van der Waals surface area contributed by atoms with Gasteiger partial charge in [-0.1, -0.05) is 54.1 Å². The third-order valence-electron chi connectivity index (χ3n) is 5.61. The molecule has 5 rings (SSSR count). The van der Waals surface area contributed by atoms with Crippen LogP contribution in [0, 0.1) is 10.1 Å². The molecule has 35 heavy (non-hydrogen) atoms. The third kappa shape index (κ3) is 4.36. The predicted molar refractivity (Wildman–Crippen MR) is 133 cm³/mol. The summed E-state index contributed by atoms with van der Waals surface area (Å²) in [4.78, 5) is 29.1. The number of benzene rings is 3. The molecule has 0 saturated heterocycles. The highest BCUT2D eigenvalue weighted by atomic mass is 35.5. The number of anilines is 2. The first-order valence-corrected chi connectivity index (χ1v) is 11.1. The lowest BCUT2D eigenvalue weighted by Gasteiger charge is -2.28. The largest absolute Gasteiger partial charge is 0.328 e. The van der Waals surface area contributed by atoms with Gasteiger partial charge < -0.3 is 10.6 Å². The SMILES string of the molecule is CC1=C(C(=O)Nc2ccccc2)[C@@H](c2cccc([N+](=O)[O-])c2)n2nc(-c3cccc(Cl)c3)nc2N1. The number of carbonyl (C=O) groups excluding carboxylic acids is 1. The first-order chi connectivity index (χ1) is 16.9. The van der Waals surface area contributed by atoms with Gasteiger partial charge in [-0.3, -0.25) is 14.9 Å². The molecule has 2 N–H and O–H groups in total. The molecule has 0 bridgehead atoms. The molecule has 1 aliphatic rings. The van der Waals surface area contributed by atoms with E-state index in [9.17, 15) is 14.9 Å². The van der Waals surface area contributed by atoms with Gasteiger partial charge in [0, 0.05) is 34.1 Å². The fourth-order valence-corrected chi connectivity index (χ4v) is 4.22. The summed E-state index contributed by atoms with van der Waals surface area (Å²) in [7, 11) is 0. The van der Waals surface area contributed by atoms with Crippen molar-refractivity contribution in [2.75, 3.05) is 10.6 Å². The minimum Gasteiger partial charge on any atom is -0.328 e. The molecule has 9 nitrogen and oxygen atoms in total.